The molecule has 2 nitrogen and oxygen atoms in total. The van der Waals surface area contributed by atoms with Crippen LogP contribution in [0, 0.1) is 6.92 Å². The molecule has 1 aliphatic heterocycles. The molecule has 0 N–H and O–H groups in total. The van der Waals surface area contributed by atoms with Gasteiger partial charge in [-0.3, -0.25) is 0 Å². The summed E-state index contributed by atoms with van der Waals surface area (Å²) in [5.74, 6) is 0. The number of aromatic nitrogens is 1. The van der Waals surface area contributed by atoms with Crippen LogP contribution in [-0.4, -0.2) is 23.5 Å². The van der Waals surface area contributed by atoms with Crippen LogP contribution >= 0.6 is 11.3 Å². The highest BCUT2D eigenvalue weighted by atomic mass is 32.1. The average molecular weight is 182 g/mol. The highest BCUT2D eigenvalue weighted by molar-refractivity contribution is 7.11. The number of aryl methyl sites for hydroxylation is 2. The molecule has 1 aliphatic rings. The SMILES string of the molecule is Cc1nc2c(s1)CN(C)CCC2. The van der Waals surface area contributed by atoms with Gasteiger partial charge in [-0.2, -0.15) is 0 Å². The molecule has 12 heavy (non-hydrogen) atoms. The lowest BCUT2D eigenvalue weighted by Gasteiger charge is -2.11. The van der Waals surface area contributed by atoms with Crippen molar-refractivity contribution < 1.29 is 0 Å². The van der Waals surface area contributed by atoms with Crippen molar-refractivity contribution in [2.45, 2.75) is 26.3 Å². The Bertz CT molecular complexity index is 280. The van der Waals surface area contributed by atoms with Gasteiger partial charge in [0.25, 0.3) is 0 Å². The fourth-order valence-electron chi connectivity index (χ4n) is 1.67. The van der Waals surface area contributed by atoms with Crippen LogP contribution in [-0.2, 0) is 13.0 Å². The zero-order chi connectivity index (χ0) is 8.55. The Morgan fingerprint density at radius 3 is 3.17 bits per heavy atom. The molecule has 0 atom stereocenters. The molecular formula is C9H14N2S. The fourth-order valence-corrected chi connectivity index (χ4v) is 2.73. The zero-order valence-corrected chi connectivity index (χ0v) is 8.45. The van der Waals surface area contributed by atoms with E-state index in [2.05, 4.69) is 23.9 Å². The van der Waals surface area contributed by atoms with E-state index in [9.17, 15) is 0 Å². The topological polar surface area (TPSA) is 16.1 Å². The van der Waals surface area contributed by atoms with Gasteiger partial charge in [-0.25, -0.2) is 4.98 Å². The van der Waals surface area contributed by atoms with E-state index in [1.54, 1.807) is 0 Å². The molecule has 0 fully saturated rings. The van der Waals surface area contributed by atoms with E-state index in [-0.39, 0.29) is 0 Å². The van der Waals surface area contributed by atoms with Crippen molar-refractivity contribution in [1.82, 2.24) is 9.88 Å². The molecule has 0 aromatic carbocycles. The number of nitrogens with zero attached hydrogens (tertiary/aromatic N) is 2. The van der Waals surface area contributed by atoms with Crippen LogP contribution < -0.4 is 0 Å². The maximum atomic E-state index is 4.54. The second-order valence-corrected chi connectivity index (χ2v) is 4.73. The monoisotopic (exact) mass is 182 g/mol. The van der Waals surface area contributed by atoms with Crippen molar-refractivity contribution in [2.24, 2.45) is 0 Å². The summed E-state index contributed by atoms with van der Waals surface area (Å²) in [5, 5.41) is 1.22. The number of thiazole rings is 1. The fraction of sp³-hybridized carbons (Fsp3) is 0.667. The summed E-state index contributed by atoms with van der Waals surface area (Å²) in [6, 6.07) is 0. The first kappa shape index (κ1) is 8.20. The van der Waals surface area contributed by atoms with Gasteiger partial charge in [-0.1, -0.05) is 0 Å². The van der Waals surface area contributed by atoms with Gasteiger partial charge in [0.2, 0.25) is 0 Å². The summed E-state index contributed by atoms with van der Waals surface area (Å²) in [6.45, 7) is 4.40. The molecular weight excluding hydrogens is 168 g/mol. The standard InChI is InChI=1S/C9H14N2S/c1-7-10-8-4-3-5-11(2)6-9(8)12-7/h3-6H2,1-2H3. The van der Waals surface area contributed by atoms with Crippen LogP contribution in [0.25, 0.3) is 0 Å². The summed E-state index contributed by atoms with van der Waals surface area (Å²) in [6.07, 6.45) is 2.43. The van der Waals surface area contributed by atoms with Crippen LogP contribution in [0.4, 0.5) is 0 Å². The molecule has 3 heteroatoms. The molecule has 0 amide bonds. The minimum Gasteiger partial charge on any atom is -0.301 e. The summed E-state index contributed by atoms with van der Waals surface area (Å²) in [4.78, 5) is 8.40. The minimum absolute atomic E-state index is 1.10. The van der Waals surface area contributed by atoms with Crippen LogP contribution in [0.1, 0.15) is 22.0 Å². The highest BCUT2D eigenvalue weighted by Crippen LogP contribution is 2.23. The van der Waals surface area contributed by atoms with E-state index in [4.69, 9.17) is 0 Å². The molecule has 2 rings (SSSR count). The van der Waals surface area contributed by atoms with Crippen LogP contribution in [0.3, 0.4) is 0 Å². The molecule has 0 saturated heterocycles. The number of rotatable bonds is 0. The molecule has 1 aromatic rings. The van der Waals surface area contributed by atoms with E-state index in [0.717, 1.165) is 6.54 Å². The van der Waals surface area contributed by atoms with E-state index < -0.39 is 0 Å². The Kier molecular flexibility index (Phi) is 2.15. The Balaban J connectivity index is 2.30. The van der Waals surface area contributed by atoms with Gasteiger partial charge < -0.3 is 4.90 Å². The first-order valence-electron chi connectivity index (χ1n) is 4.39. The third-order valence-electron chi connectivity index (χ3n) is 2.25. The first-order valence-corrected chi connectivity index (χ1v) is 5.21. The normalized spacial score (nSPS) is 18.8. The van der Waals surface area contributed by atoms with Crippen LogP contribution in [0.15, 0.2) is 0 Å². The van der Waals surface area contributed by atoms with Gasteiger partial charge in [0.1, 0.15) is 0 Å². The van der Waals surface area contributed by atoms with Crippen molar-refractivity contribution in [2.75, 3.05) is 13.6 Å². The van der Waals surface area contributed by atoms with Crippen molar-refractivity contribution in [3.63, 3.8) is 0 Å². The second-order valence-electron chi connectivity index (χ2n) is 3.44. The quantitative estimate of drug-likeness (QED) is 0.608. The lowest BCUT2D eigenvalue weighted by atomic mass is 10.2. The van der Waals surface area contributed by atoms with Gasteiger partial charge >= 0.3 is 0 Å². The molecule has 66 valence electrons. The lowest BCUT2D eigenvalue weighted by molar-refractivity contribution is 0.334. The van der Waals surface area contributed by atoms with Crippen LogP contribution in [0.2, 0.25) is 0 Å². The predicted octanol–water partition coefficient (Wildman–Crippen LogP) is 1.83. The third-order valence-corrected chi connectivity index (χ3v) is 3.25. The Morgan fingerprint density at radius 1 is 1.50 bits per heavy atom. The van der Waals surface area contributed by atoms with Gasteiger partial charge in [0, 0.05) is 11.4 Å². The van der Waals surface area contributed by atoms with Gasteiger partial charge in [0.05, 0.1) is 10.7 Å². The maximum absolute atomic E-state index is 4.54. The van der Waals surface area contributed by atoms with Gasteiger partial charge in [-0.15, -0.1) is 11.3 Å². The molecule has 0 saturated carbocycles. The molecule has 0 radical (unpaired) electrons. The molecule has 2 heterocycles. The summed E-state index contributed by atoms with van der Waals surface area (Å²) in [7, 11) is 2.18. The zero-order valence-electron chi connectivity index (χ0n) is 7.63. The molecule has 0 spiro atoms. The van der Waals surface area contributed by atoms with E-state index in [1.807, 2.05) is 11.3 Å². The molecule has 1 aromatic heterocycles. The Labute approximate surface area is 77.2 Å². The summed E-state index contributed by atoms with van der Waals surface area (Å²) >= 11 is 1.85. The third kappa shape index (κ3) is 1.52. The number of hydrogen-bond donors (Lipinski definition) is 0. The van der Waals surface area contributed by atoms with E-state index in [1.165, 1.54) is 35.0 Å². The van der Waals surface area contributed by atoms with E-state index >= 15 is 0 Å². The van der Waals surface area contributed by atoms with Crippen molar-refractivity contribution >= 4 is 11.3 Å². The van der Waals surface area contributed by atoms with E-state index in [0.29, 0.717) is 0 Å². The first-order chi connectivity index (χ1) is 5.75. The Hall–Kier alpha value is -0.410. The molecule has 0 aliphatic carbocycles. The Morgan fingerprint density at radius 2 is 2.33 bits per heavy atom. The van der Waals surface area contributed by atoms with Crippen molar-refractivity contribution in [3.8, 4) is 0 Å². The summed E-state index contributed by atoms with van der Waals surface area (Å²) in [5.41, 5.74) is 1.35. The number of fused-ring (bicyclic) bond motifs is 1. The maximum Gasteiger partial charge on any atom is 0.0900 e. The van der Waals surface area contributed by atoms with Gasteiger partial charge in [0.15, 0.2) is 0 Å². The van der Waals surface area contributed by atoms with Gasteiger partial charge in [-0.05, 0) is 33.4 Å². The van der Waals surface area contributed by atoms with Crippen LogP contribution in [0.5, 0.6) is 0 Å². The predicted molar refractivity (Wildman–Crippen MR) is 51.5 cm³/mol. The largest absolute Gasteiger partial charge is 0.301 e. The lowest BCUT2D eigenvalue weighted by Crippen LogP contribution is -2.16. The molecule has 0 unspecified atom stereocenters. The smallest absolute Gasteiger partial charge is 0.0900 e. The van der Waals surface area contributed by atoms with Crippen molar-refractivity contribution in [3.05, 3.63) is 15.6 Å². The second kappa shape index (κ2) is 3.15. The van der Waals surface area contributed by atoms with Crippen molar-refractivity contribution in [1.29, 1.82) is 0 Å². The molecule has 0 bridgehead atoms. The minimum atomic E-state index is 1.10. The highest BCUT2D eigenvalue weighted by Gasteiger charge is 2.14. The number of hydrogen-bond acceptors (Lipinski definition) is 3. The summed E-state index contributed by atoms with van der Waals surface area (Å²) < 4.78 is 0. The average Bonchev–Trinajstić information content (AvgIpc) is 2.23.